The zero-order valence-corrected chi connectivity index (χ0v) is 12.0. The molecule has 0 unspecified atom stereocenters. The second-order valence-corrected chi connectivity index (χ2v) is 5.71. The number of nitrogens with zero attached hydrogens (tertiary/aromatic N) is 1. The van der Waals surface area contributed by atoms with Crippen LogP contribution in [0.2, 0.25) is 0 Å². The van der Waals surface area contributed by atoms with Crippen molar-refractivity contribution < 1.29 is 0 Å². The Bertz CT molecular complexity index is 529. The number of aromatic nitrogens is 1. The summed E-state index contributed by atoms with van der Waals surface area (Å²) in [6.07, 6.45) is 3.49. The lowest BCUT2D eigenvalue weighted by atomic mass is 9.73. The van der Waals surface area contributed by atoms with E-state index in [0.29, 0.717) is 0 Å². The number of nitrogens with two attached hydrogens (primary N) is 1. The van der Waals surface area contributed by atoms with E-state index in [1.165, 1.54) is 22.4 Å². The van der Waals surface area contributed by atoms with Crippen LogP contribution in [0.15, 0.2) is 29.8 Å². The number of halogens is 1. The van der Waals surface area contributed by atoms with E-state index in [2.05, 4.69) is 36.2 Å². The summed E-state index contributed by atoms with van der Waals surface area (Å²) < 4.78 is 0. The maximum Gasteiger partial charge on any atom is 0.0801 e. The van der Waals surface area contributed by atoms with Gasteiger partial charge in [-0.2, -0.15) is 0 Å². The molecule has 0 bridgehead atoms. The van der Waals surface area contributed by atoms with Gasteiger partial charge in [-0.05, 0) is 37.3 Å². The summed E-state index contributed by atoms with van der Waals surface area (Å²) in [5.41, 5.74) is 11.8. The van der Waals surface area contributed by atoms with Crippen LogP contribution in [-0.4, -0.2) is 4.98 Å². The Morgan fingerprint density at radius 1 is 1.22 bits per heavy atom. The molecule has 1 aliphatic rings. The van der Waals surface area contributed by atoms with Crippen molar-refractivity contribution in [2.75, 3.05) is 0 Å². The Labute approximate surface area is 118 Å². The van der Waals surface area contributed by atoms with E-state index in [0.717, 1.165) is 18.5 Å². The summed E-state index contributed by atoms with van der Waals surface area (Å²) >= 11 is 1.69. The minimum atomic E-state index is -0.0543. The van der Waals surface area contributed by atoms with E-state index >= 15 is 0 Å². The zero-order valence-electron chi connectivity index (χ0n) is 10.3. The SMILES string of the molecule is Cc1ncsc1-c1ccc(C2(N)CCC2)cc1.Cl. The number of rotatable bonds is 2. The van der Waals surface area contributed by atoms with Gasteiger partial charge in [0.1, 0.15) is 0 Å². The number of aryl methyl sites for hydroxylation is 1. The van der Waals surface area contributed by atoms with Gasteiger partial charge in [-0.15, -0.1) is 23.7 Å². The smallest absolute Gasteiger partial charge is 0.0801 e. The molecule has 0 amide bonds. The highest BCUT2D eigenvalue weighted by molar-refractivity contribution is 7.13. The number of thiazole rings is 1. The molecule has 1 fully saturated rings. The van der Waals surface area contributed by atoms with Gasteiger partial charge in [-0.3, -0.25) is 0 Å². The first-order valence-corrected chi connectivity index (χ1v) is 6.87. The molecule has 3 rings (SSSR count). The molecule has 1 aromatic carbocycles. The largest absolute Gasteiger partial charge is 0.321 e. The van der Waals surface area contributed by atoms with Crippen LogP contribution in [0.4, 0.5) is 0 Å². The monoisotopic (exact) mass is 280 g/mol. The Balaban J connectivity index is 0.00000120. The standard InChI is InChI=1S/C14H16N2S.ClH/c1-10-13(17-9-16-10)11-3-5-12(6-4-11)14(15)7-2-8-14;/h3-6,9H,2,7-8,15H2,1H3;1H. The fourth-order valence-corrected chi connectivity index (χ4v) is 3.19. The third-order valence-corrected chi connectivity index (χ3v) is 4.69. The molecule has 1 saturated carbocycles. The first-order valence-electron chi connectivity index (χ1n) is 5.99. The fourth-order valence-electron chi connectivity index (χ4n) is 2.38. The summed E-state index contributed by atoms with van der Waals surface area (Å²) in [5, 5.41) is 0. The molecule has 18 heavy (non-hydrogen) atoms. The van der Waals surface area contributed by atoms with Crippen LogP contribution < -0.4 is 5.73 Å². The topological polar surface area (TPSA) is 38.9 Å². The highest BCUT2D eigenvalue weighted by atomic mass is 35.5. The van der Waals surface area contributed by atoms with Crippen LogP contribution in [0.25, 0.3) is 10.4 Å². The van der Waals surface area contributed by atoms with Crippen LogP contribution in [0.3, 0.4) is 0 Å². The molecule has 4 heteroatoms. The second kappa shape index (κ2) is 5.00. The van der Waals surface area contributed by atoms with Crippen molar-refractivity contribution in [3.63, 3.8) is 0 Å². The Morgan fingerprint density at radius 2 is 1.89 bits per heavy atom. The average molecular weight is 281 g/mol. The lowest BCUT2D eigenvalue weighted by molar-refractivity contribution is 0.253. The molecule has 0 saturated heterocycles. The molecule has 1 aromatic heterocycles. The molecule has 2 aromatic rings. The summed E-state index contributed by atoms with van der Waals surface area (Å²) in [6, 6.07) is 8.69. The van der Waals surface area contributed by atoms with Gasteiger partial charge in [-0.1, -0.05) is 24.3 Å². The highest BCUT2D eigenvalue weighted by Crippen LogP contribution is 2.39. The maximum atomic E-state index is 6.31. The molecule has 2 N–H and O–H groups in total. The molecular weight excluding hydrogens is 264 g/mol. The lowest BCUT2D eigenvalue weighted by Crippen LogP contribution is -2.43. The molecule has 0 aliphatic heterocycles. The predicted molar refractivity (Wildman–Crippen MR) is 79.3 cm³/mol. The zero-order chi connectivity index (χ0) is 11.9. The Hall–Kier alpha value is -0.900. The van der Waals surface area contributed by atoms with Gasteiger partial charge in [0.25, 0.3) is 0 Å². The van der Waals surface area contributed by atoms with Gasteiger partial charge in [0, 0.05) is 5.54 Å². The fraction of sp³-hybridized carbons (Fsp3) is 0.357. The van der Waals surface area contributed by atoms with Crippen molar-refractivity contribution in [1.29, 1.82) is 0 Å². The molecule has 1 aliphatic carbocycles. The molecule has 0 spiro atoms. The molecule has 2 nitrogen and oxygen atoms in total. The number of hydrogen-bond donors (Lipinski definition) is 1. The number of hydrogen-bond acceptors (Lipinski definition) is 3. The Kier molecular flexibility index (Phi) is 3.76. The van der Waals surface area contributed by atoms with Crippen LogP contribution in [0.5, 0.6) is 0 Å². The average Bonchev–Trinajstić information content (AvgIpc) is 2.73. The van der Waals surface area contributed by atoms with Crippen molar-refractivity contribution in [3.8, 4) is 10.4 Å². The Morgan fingerprint density at radius 3 is 2.33 bits per heavy atom. The van der Waals surface area contributed by atoms with E-state index in [1.807, 2.05) is 5.51 Å². The highest BCUT2D eigenvalue weighted by Gasteiger charge is 2.34. The molecular formula is C14H17ClN2S. The van der Waals surface area contributed by atoms with Crippen LogP contribution in [0.1, 0.15) is 30.5 Å². The van der Waals surface area contributed by atoms with Gasteiger partial charge >= 0.3 is 0 Å². The quantitative estimate of drug-likeness (QED) is 0.907. The van der Waals surface area contributed by atoms with Crippen LogP contribution in [-0.2, 0) is 5.54 Å². The van der Waals surface area contributed by atoms with Gasteiger partial charge in [0.15, 0.2) is 0 Å². The summed E-state index contributed by atoms with van der Waals surface area (Å²) in [6.45, 7) is 2.05. The van der Waals surface area contributed by atoms with Gasteiger partial charge in [0.05, 0.1) is 16.1 Å². The van der Waals surface area contributed by atoms with Crippen molar-refractivity contribution in [1.82, 2.24) is 4.98 Å². The van der Waals surface area contributed by atoms with Crippen LogP contribution >= 0.6 is 23.7 Å². The van der Waals surface area contributed by atoms with Crippen molar-refractivity contribution in [2.45, 2.75) is 31.7 Å². The number of benzene rings is 1. The third-order valence-electron chi connectivity index (χ3n) is 3.71. The predicted octanol–water partition coefficient (Wildman–Crippen LogP) is 3.88. The normalized spacial score (nSPS) is 16.8. The first-order chi connectivity index (χ1) is 8.19. The van der Waals surface area contributed by atoms with E-state index in [9.17, 15) is 0 Å². The van der Waals surface area contributed by atoms with Crippen molar-refractivity contribution in [3.05, 3.63) is 41.0 Å². The van der Waals surface area contributed by atoms with Crippen LogP contribution in [0, 0.1) is 6.92 Å². The van der Waals surface area contributed by atoms with Crippen molar-refractivity contribution in [2.24, 2.45) is 5.73 Å². The summed E-state index contributed by atoms with van der Waals surface area (Å²) in [7, 11) is 0. The minimum Gasteiger partial charge on any atom is -0.321 e. The van der Waals surface area contributed by atoms with E-state index in [1.54, 1.807) is 11.3 Å². The lowest BCUT2D eigenvalue weighted by Gasteiger charge is -2.38. The summed E-state index contributed by atoms with van der Waals surface area (Å²) in [4.78, 5) is 5.55. The van der Waals surface area contributed by atoms with Gasteiger partial charge in [-0.25, -0.2) is 4.98 Å². The maximum absolute atomic E-state index is 6.31. The molecule has 0 atom stereocenters. The molecule has 0 radical (unpaired) electrons. The van der Waals surface area contributed by atoms with E-state index in [4.69, 9.17) is 5.73 Å². The molecule has 96 valence electrons. The first kappa shape index (κ1) is 13.5. The van der Waals surface area contributed by atoms with Gasteiger partial charge in [0.2, 0.25) is 0 Å². The molecule has 1 heterocycles. The summed E-state index contributed by atoms with van der Waals surface area (Å²) in [5.74, 6) is 0. The second-order valence-electron chi connectivity index (χ2n) is 4.85. The van der Waals surface area contributed by atoms with Crippen molar-refractivity contribution >= 4 is 23.7 Å². The van der Waals surface area contributed by atoms with Gasteiger partial charge < -0.3 is 5.73 Å². The van der Waals surface area contributed by atoms with E-state index in [-0.39, 0.29) is 17.9 Å². The minimum absolute atomic E-state index is 0. The third kappa shape index (κ3) is 2.18. The van der Waals surface area contributed by atoms with E-state index < -0.39 is 0 Å².